The molecule has 0 atom stereocenters. The van der Waals surface area contributed by atoms with Gasteiger partial charge in [-0.05, 0) is 73.9 Å². The van der Waals surface area contributed by atoms with Gasteiger partial charge in [-0.1, -0.05) is 24.3 Å². The minimum atomic E-state index is -4.63. The van der Waals surface area contributed by atoms with Crippen molar-refractivity contribution in [3.8, 4) is 11.1 Å². The number of nitrogens with zero attached hydrogens (tertiary/aromatic N) is 1. The predicted octanol–water partition coefficient (Wildman–Crippen LogP) is 5.29. The zero-order chi connectivity index (χ0) is 22.2. The minimum Gasteiger partial charge on any atom is -0.262 e. The molecule has 3 rings (SSSR count). The van der Waals surface area contributed by atoms with Crippen molar-refractivity contribution in [2.45, 2.75) is 37.4 Å². The van der Waals surface area contributed by atoms with Crippen molar-refractivity contribution < 1.29 is 21.6 Å². The molecule has 0 amide bonds. The molecule has 158 valence electrons. The van der Waals surface area contributed by atoms with Gasteiger partial charge in [0.2, 0.25) is 10.0 Å². The van der Waals surface area contributed by atoms with Crippen LogP contribution in [0.5, 0.6) is 0 Å². The number of hydrogen-bond acceptors (Lipinski definition) is 3. The molecule has 0 fully saturated rings. The van der Waals surface area contributed by atoms with Crippen LogP contribution in [0.25, 0.3) is 11.1 Å². The normalized spacial score (nSPS) is 12.7. The summed E-state index contributed by atoms with van der Waals surface area (Å²) in [4.78, 5) is 3.73. The molecule has 4 nitrogen and oxygen atoms in total. The Kier molecular flexibility index (Phi) is 5.75. The lowest BCUT2D eigenvalue weighted by Crippen LogP contribution is -2.41. The molecule has 1 heterocycles. The molecular weight excluding hydrogens is 413 g/mol. The molecule has 0 aliphatic heterocycles. The first-order valence-corrected chi connectivity index (χ1v) is 10.6. The molecule has 0 saturated heterocycles. The van der Waals surface area contributed by atoms with E-state index in [1.807, 2.05) is 31.2 Å². The van der Waals surface area contributed by atoms with E-state index in [0.29, 0.717) is 11.6 Å². The first-order chi connectivity index (χ1) is 13.9. The van der Waals surface area contributed by atoms with Gasteiger partial charge in [0.15, 0.2) is 0 Å². The van der Waals surface area contributed by atoms with E-state index < -0.39 is 32.2 Å². The summed E-state index contributed by atoms with van der Waals surface area (Å²) in [6, 6.07) is 14.8. The number of hydrogen-bond donors (Lipinski definition) is 1. The fourth-order valence-corrected chi connectivity index (χ4v) is 4.55. The van der Waals surface area contributed by atoms with Gasteiger partial charge >= 0.3 is 6.18 Å². The molecule has 0 unspecified atom stereocenters. The van der Waals surface area contributed by atoms with Crippen LogP contribution in [-0.2, 0) is 21.7 Å². The highest BCUT2D eigenvalue weighted by Gasteiger charge is 2.33. The molecule has 8 heteroatoms. The van der Waals surface area contributed by atoms with Crippen molar-refractivity contribution in [3.05, 3.63) is 83.7 Å². The number of pyridine rings is 1. The predicted molar refractivity (Wildman–Crippen MR) is 109 cm³/mol. The molecular formula is C22H21F3N2O2S. The van der Waals surface area contributed by atoms with Gasteiger partial charge in [0.05, 0.1) is 16.0 Å². The molecule has 0 spiro atoms. The molecule has 0 saturated carbocycles. The summed E-state index contributed by atoms with van der Waals surface area (Å²) in [5, 5.41) is 0. The molecule has 1 aromatic heterocycles. The monoisotopic (exact) mass is 434 g/mol. The first-order valence-electron chi connectivity index (χ1n) is 9.13. The molecule has 2 aromatic carbocycles. The summed E-state index contributed by atoms with van der Waals surface area (Å²) in [6.45, 7) is 5.20. The summed E-state index contributed by atoms with van der Waals surface area (Å²) < 4.78 is 67.1. The van der Waals surface area contributed by atoms with E-state index in [0.717, 1.165) is 35.0 Å². The highest BCUT2D eigenvalue weighted by Crippen LogP contribution is 2.32. The minimum absolute atomic E-state index is 0.439. The Morgan fingerprint density at radius 2 is 1.50 bits per heavy atom. The van der Waals surface area contributed by atoms with E-state index in [-0.39, 0.29) is 0 Å². The third-order valence-corrected chi connectivity index (χ3v) is 6.33. The lowest BCUT2D eigenvalue weighted by molar-refractivity contribution is -0.137. The van der Waals surface area contributed by atoms with Crippen molar-refractivity contribution in [1.29, 1.82) is 0 Å². The van der Waals surface area contributed by atoms with E-state index in [9.17, 15) is 21.6 Å². The van der Waals surface area contributed by atoms with Gasteiger partial charge in [-0.25, -0.2) is 13.1 Å². The summed E-state index contributed by atoms with van der Waals surface area (Å²) in [5.41, 5.74) is 1.25. The average molecular weight is 434 g/mol. The molecule has 1 N–H and O–H groups in total. The molecule has 0 aliphatic rings. The van der Waals surface area contributed by atoms with E-state index in [1.54, 1.807) is 32.2 Å². The fraction of sp³-hybridized carbons (Fsp3) is 0.227. The van der Waals surface area contributed by atoms with Crippen LogP contribution in [0.1, 0.15) is 30.7 Å². The SMILES string of the molecule is Cc1cc(-c2cccc(C(C)(C)NS(=O)(=O)c3cccc(C(F)(F)F)c3)c2)ccn1. The maximum absolute atomic E-state index is 13.0. The molecule has 0 radical (unpaired) electrons. The van der Waals surface area contributed by atoms with Gasteiger partial charge in [0, 0.05) is 11.9 Å². The van der Waals surface area contributed by atoms with Gasteiger partial charge in [0.25, 0.3) is 0 Å². The number of alkyl halides is 3. The van der Waals surface area contributed by atoms with Crippen molar-refractivity contribution >= 4 is 10.0 Å². The third kappa shape index (κ3) is 4.88. The van der Waals surface area contributed by atoms with Gasteiger partial charge in [-0.2, -0.15) is 13.2 Å². The quantitative estimate of drug-likeness (QED) is 0.594. The van der Waals surface area contributed by atoms with Crippen LogP contribution in [0, 0.1) is 6.92 Å². The maximum atomic E-state index is 13.0. The lowest BCUT2D eigenvalue weighted by atomic mass is 9.92. The first kappa shape index (κ1) is 22.0. The van der Waals surface area contributed by atoms with Crippen molar-refractivity contribution in [2.75, 3.05) is 0 Å². The zero-order valence-corrected chi connectivity index (χ0v) is 17.5. The zero-order valence-electron chi connectivity index (χ0n) is 16.7. The Hall–Kier alpha value is -2.71. The Bertz CT molecular complexity index is 1170. The van der Waals surface area contributed by atoms with E-state index >= 15 is 0 Å². The summed E-state index contributed by atoms with van der Waals surface area (Å²) in [6.07, 6.45) is -2.93. The van der Waals surface area contributed by atoms with Crippen molar-refractivity contribution in [2.24, 2.45) is 0 Å². The van der Waals surface area contributed by atoms with Crippen LogP contribution in [-0.4, -0.2) is 13.4 Å². The highest BCUT2D eigenvalue weighted by atomic mass is 32.2. The summed E-state index contributed by atoms with van der Waals surface area (Å²) in [5.74, 6) is 0. The maximum Gasteiger partial charge on any atom is 0.416 e. The second-order valence-corrected chi connectivity index (χ2v) is 9.21. The molecule has 30 heavy (non-hydrogen) atoms. The topological polar surface area (TPSA) is 59.1 Å². The second kappa shape index (κ2) is 7.85. The Morgan fingerprint density at radius 1 is 0.867 bits per heavy atom. The van der Waals surface area contributed by atoms with Crippen LogP contribution in [0.2, 0.25) is 0 Å². The van der Waals surface area contributed by atoms with Crippen molar-refractivity contribution in [1.82, 2.24) is 9.71 Å². The Morgan fingerprint density at radius 3 is 2.17 bits per heavy atom. The smallest absolute Gasteiger partial charge is 0.262 e. The number of rotatable bonds is 5. The van der Waals surface area contributed by atoms with Crippen LogP contribution in [0.3, 0.4) is 0 Å². The van der Waals surface area contributed by atoms with Crippen LogP contribution in [0.15, 0.2) is 71.8 Å². The molecule has 0 aliphatic carbocycles. The van der Waals surface area contributed by atoms with Gasteiger partial charge in [-0.3, -0.25) is 4.98 Å². The van der Waals surface area contributed by atoms with Crippen LogP contribution < -0.4 is 4.72 Å². The van der Waals surface area contributed by atoms with Gasteiger partial charge in [-0.15, -0.1) is 0 Å². The third-order valence-electron chi connectivity index (χ3n) is 4.68. The Balaban J connectivity index is 1.94. The number of aryl methyl sites for hydroxylation is 1. The summed E-state index contributed by atoms with van der Waals surface area (Å²) in [7, 11) is -4.19. The Labute approximate surface area is 173 Å². The number of sulfonamides is 1. The van der Waals surface area contributed by atoms with E-state index in [4.69, 9.17) is 0 Å². The second-order valence-electron chi connectivity index (χ2n) is 7.52. The van der Waals surface area contributed by atoms with E-state index in [1.165, 1.54) is 0 Å². The van der Waals surface area contributed by atoms with Crippen molar-refractivity contribution in [3.63, 3.8) is 0 Å². The van der Waals surface area contributed by atoms with Crippen LogP contribution >= 0.6 is 0 Å². The number of halogens is 3. The number of nitrogens with one attached hydrogen (secondary N) is 1. The summed E-state index contributed by atoms with van der Waals surface area (Å²) >= 11 is 0. The number of benzene rings is 2. The van der Waals surface area contributed by atoms with Crippen LogP contribution in [0.4, 0.5) is 13.2 Å². The molecule has 0 bridgehead atoms. The van der Waals surface area contributed by atoms with E-state index in [2.05, 4.69) is 9.71 Å². The van der Waals surface area contributed by atoms with Gasteiger partial charge in [0.1, 0.15) is 0 Å². The largest absolute Gasteiger partial charge is 0.416 e. The fourth-order valence-electron chi connectivity index (χ4n) is 3.11. The van der Waals surface area contributed by atoms with Gasteiger partial charge < -0.3 is 0 Å². The molecule has 3 aromatic rings. The lowest BCUT2D eigenvalue weighted by Gasteiger charge is -2.27. The standard InChI is InChI=1S/C22H21F3N2O2S/c1-15-12-17(10-11-26-15)16-6-4-7-18(13-16)21(2,3)27-30(28,29)20-9-5-8-19(14-20)22(23,24)25/h4-14,27H,1-3H3. The number of aromatic nitrogens is 1. The average Bonchev–Trinajstić information content (AvgIpc) is 2.67. The highest BCUT2D eigenvalue weighted by molar-refractivity contribution is 7.89.